The van der Waals surface area contributed by atoms with Gasteiger partial charge in [0.1, 0.15) is 17.0 Å². The highest BCUT2D eigenvalue weighted by atomic mass is 32.2. The SMILES string of the molecule is CN(C)c1noc2ccc(C3NCCOC3Oc3cc(F)c(S(=O)(=O)Nc4ncns4)cc3F)cc12. The molecule has 36 heavy (non-hydrogen) atoms. The first-order valence-corrected chi connectivity index (χ1v) is 12.9. The molecule has 11 nitrogen and oxygen atoms in total. The van der Waals surface area contributed by atoms with Gasteiger partial charge >= 0.3 is 0 Å². The van der Waals surface area contributed by atoms with Crippen LogP contribution >= 0.6 is 11.5 Å². The lowest BCUT2D eigenvalue weighted by molar-refractivity contribution is -0.125. The van der Waals surface area contributed by atoms with Gasteiger partial charge in [-0.2, -0.15) is 4.37 Å². The number of nitrogens with one attached hydrogen (secondary N) is 2. The third-order valence-electron chi connectivity index (χ3n) is 5.38. The Labute approximate surface area is 208 Å². The van der Waals surface area contributed by atoms with Crippen LogP contribution in [-0.2, 0) is 14.8 Å². The number of rotatable bonds is 7. The summed E-state index contributed by atoms with van der Waals surface area (Å²) in [6.45, 7) is 0.764. The lowest BCUT2D eigenvalue weighted by atomic mass is 10.0. The number of halogens is 2. The normalized spacial score (nSPS) is 18.3. The maximum Gasteiger partial charge on any atom is 0.266 e. The molecule has 5 rings (SSSR count). The number of aromatic nitrogens is 3. The zero-order valence-corrected chi connectivity index (χ0v) is 20.6. The highest BCUT2D eigenvalue weighted by Gasteiger charge is 2.32. The second-order valence-corrected chi connectivity index (χ2v) is 10.4. The number of hydrogen-bond acceptors (Lipinski definition) is 11. The Bertz CT molecular complexity index is 1500. The highest BCUT2D eigenvalue weighted by molar-refractivity contribution is 7.93. The van der Waals surface area contributed by atoms with Crippen molar-refractivity contribution in [2.75, 3.05) is 36.9 Å². The topological polar surface area (TPSA) is 132 Å². The van der Waals surface area contributed by atoms with Crippen LogP contribution in [0.1, 0.15) is 11.6 Å². The molecule has 190 valence electrons. The molecule has 2 unspecified atom stereocenters. The molecule has 2 aromatic heterocycles. The summed E-state index contributed by atoms with van der Waals surface area (Å²) in [5.74, 6) is -2.15. The summed E-state index contributed by atoms with van der Waals surface area (Å²) in [4.78, 5) is 4.60. The van der Waals surface area contributed by atoms with Gasteiger partial charge in [0.05, 0.1) is 18.0 Å². The second kappa shape index (κ2) is 9.57. The molecule has 1 saturated heterocycles. The number of hydrogen-bond donors (Lipinski definition) is 2. The van der Waals surface area contributed by atoms with Gasteiger partial charge < -0.3 is 24.2 Å². The number of morpholine rings is 1. The van der Waals surface area contributed by atoms with Crippen LogP contribution in [0.2, 0.25) is 0 Å². The number of sulfonamides is 1. The van der Waals surface area contributed by atoms with Crippen molar-refractivity contribution in [1.29, 1.82) is 0 Å². The summed E-state index contributed by atoms with van der Waals surface area (Å²) < 4.78 is 77.2. The molecule has 0 amide bonds. The van der Waals surface area contributed by atoms with Crippen molar-refractivity contribution in [3.63, 3.8) is 0 Å². The number of ether oxygens (including phenoxy) is 2. The summed E-state index contributed by atoms with van der Waals surface area (Å²) in [7, 11) is -0.770. The van der Waals surface area contributed by atoms with Crippen molar-refractivity contribution in [1.82, 2.24) is 19.8 Å². The summed E-state index contributed by atoms with van der Waals surface area (Å²) in [5.41, 5.74) is 1.34. The largest absolute Gasteiger partial charge is 0.460 e. The molecule has 4 aromatic rings. The van der Waals surface area contributed by atoms with E-state index in [1.807, 2.05) is 25.1 Å². The molecule has 0 bridgehead atoms. The van der Waals surface area contributed by atoms with Crippen LogP contribution in [0.15, 0.2) is 46.1 Å². The van der Waals surface area contributed by atoms with Crippen molar-refractivity contribution in [3.8, 4) is 5.75 Å². The van der Waals surface area contributed by atoms with E-state index in [4.69, 9.17) is 14.0 Å². The molecule has 1 aliphatic rings. The number of benzene rings is 2. The fraction of sp³-hybridized carbons (Fsp3) is 0.286. The summed E-state index contributed by atoms with van der Waals surface area (Å²) in [6, 6.07) is 6.08. The smallest absolute Gasteiger partial charge is 0.266 e. The van der Waals surface area contributed by atoms with Crippen LogP contribution in [0.5, 0.6) is 5.75 Å². The fourth-order valence-electron chi connectivity index (χ4n) is 3.74. The van der Waals surface area contributed by atoms with Gasteiger partial charge in [-0.3, -0.25) is 4.72 Å². The Kier molecular flexibility index (Phi) is 6.46. The van der Waals surface area contributed by atoms with E-state index in [0.29, 0.717) is 30.1 Å². The molecule has 3 heterocycles. The van der Waals surface area contributed by atoms with Crippen LogP contribution in [0, 0.1) is 11.6 Å². The van der Waals surface area contributed by atoms with Crippen LogP contribution in [0.4, 0.5) is 19.7 Å². The molecule has 2 atom stereocenters. The van der Waals surface area contributed by atoms with E-state index in [2.05, 4.69) is 24.6 Å². The van der Waals surface area contributed by atoms with E-state index in [0.717, 1.165) is 28.8 Å². The molecule has 0 spiro atoms. The van der Waals surface area contributed by atoms with Gasteiger partial charge in [0.2, 0.25) is 11.4 Å². The average molecular weight is 539 g/mol. The molecule has 1 fully saturated rings. The summed E-state index contributed by atoms with van der Waals surface area (Å²) in [6.07, 6.45) is 0.0995. The van der Waals surface area contributed by atoms with Crippen LogP contribution < -0.4 is 19.7 Å². The molecule has 0 radical (unpaired) electrons. The lowest BCUT2D eigenvalue weighted by Crippen LogP contribution is -2.45. The van der Waals surface area contributed by atoms with Crippen molar-refractivity contribution < 1.29 is 31.2 Å². The molecule has 2 N–H and O–H groups in total. The van der Waals surface area contributed by atoms with E-state index in [1.54, 1.807) is 12.1 Å². The maximum absolute atomic E-state index is 14.9. The molecule has 1 aliphatic heterocycles. The quantitative estimate of drug-likeness (QED) is 0.362. The zero-order valence-electron chi connectivity index (χ0n) is 18.9. The van der Waals surface area contributed by atoms with Crippen LogP contribution in [0.3, 0.4) is 0 Å². The predicted molar refractivity (Wildman–Crippen MR) is 127 cm³/mol. The summed E-state index contributed by atoms with van der Waals surface area (Å²) >= 11 is 0.754. The van der Waals surface area contributed by atoms with Gasteiger partial charge in [-0.05, 0) is 17.7 Å². The van der Waals surface area contributed by atoms with Gasteiger partial charge in [-0.25, -0.2) is 22.2 Å². The zero-order chi connectivity index (χ0) is 25.4. The molecule has 0 saturated carbocycles. The monoisotopic (exact) mass is 538 g/mol. The van der Waals surface area contributed by atoms with Crippen molar-refractivity contribution >= 4 is 43.5 Å². The number of fused-ring (bicyclic) bond motifs is 1. The minimum atomic E-state index is -4.44. The maximum atomic E-state index is 14.9. The van der Waals surface area contributed by atoms with Gasteiger partial charge in [0.25, 0.3) is 10.0 Å². The Morgan fingerprint density at radius 2 is 2.06 bits per heavy atom. The number of nitrogens with zero attached hydrogens (tertiary/aromatic N) is 4. The highest BCUT2D eigenvalue weighted by Crippen LogP contribution is 2.33. The minimum Gasteiger partial charge on any atom is -0.460 e. The predicted octanol–water partition coefficient (Wildman–Crippen LogP) is 2.89. The number of anilines is 2. The Morgan fingerprint density at radius 3 is 2.81 bits per heavy atom. The van der Waals surface area contributed by atoms with E-state index in [9.17, 15) is 17.2 Å². The third kappa shape index (κ3) is 4.69. The Morgan fingerprint density at radius 1 is 1.22 bits per heavy atom. The minimum absolute atomic E-state index is 0.0816. The fourth-order valence-corrected chi connectivity index (χ4v) is 5.47. The van der Waals surface area contributed by atoms with E-state index < -0.39 is 44.6 Å². The first kappa shape index (κ1) is 24.3. The molecule has 15 heteroatoms. The molecule has 2 aromatic carbocycles. The van der Waals surface area contributed by atoms with E-state index >= 15 is 0 Å². The van der Waals surface area contributed by atoms with E-state index in [1.165, 1.54) is 0 Å². The second-order valence-electron chi connectivity index (χ2n) is 8.01. The van der Waals surface area contributed by atoms with Crippen LogP contribution in [-0.4, -0.2) is 56.5 Å². The van der Waals surface area contributed by atoms with Gasteiger partial charge in [-0.15, -0.1) is 0 Å². The van der Waals surface area contributed by atoms with Gasteiger partial charge in [0.15, 0.2) is 23.0 Å². The van der Waals surface area contributed by atoms with Gasteiger partial charge in [-0.1, -0.05) is 11.2 Å². The average Bonchev–Trinajstić information content (AvgIpc) is 3.50. The van der Waals surface area contributed by atoms with Crippen molar-refractivity contribution in [3.05, 3.63) is 53.9 Å². The third-order valence-corrected chi connectivity index (χ3v) is 7.44. The van der Waals surface area contributed by atoms with Crippen molar-refractivity contribution in [2.24, 2.45) is 0 Å². The first-order valence-electron chi connectivity index (χ1n) is 10.6. The van der Waals surface area contributed by atoms with Gasteiger partial charge in [0, 0.05) is 44.3 Å². The van der Waals surface area contributed by atoms with E-state index in [-0.39, 0.29) is 11.7 Å². The van der Waals surface area contributed by atoms with Crippen LogP contribution in [0.25, 0.3) is 11.0 Å². The Hall–Kier alpha value is -3.40. The summed E-state index contributed by atoms with van der Waals surface area (Å²) in [5, 5.41) is 7.99. The van der Waals surface area contributed by atoms with Crippen molar-refractivity contribution in [2.45, 2.75) is 17.2 Å². The Balaban J connectivity index is 1.42. The lowest BCUT2D eigenvalue weighted by Gasteiger charge is -2.33. The molecule has 0 aliphatic carbocycles. The standard InChI is InChI=1S/C21H20F2N6O5S2/c1-29(2)19-12-7-11(3-4-15(12)34-27-19)18-20(32-6-5-24-18)33-16-8-14(23)17(9-13(16)22)36(30,31)28-21-25-10-26-35-21/h3-4,7-10,18,20,24H,5-6H2,1-2H3,(H,25,26,28). The first-order chi connectivity index (χ1) is 17.2. The molecular weight excluding hydrogens is 518 g/mol. The molecular formula is C21H20F2N6O5S2.